The molecule has 0 saturated carbocycles. The highest BCUT2D eigenvalue weighted by Crippen LogP contribution is 2.24. The van der Waals surface area contributed by atoms with E-state index in [1.807, 2.05) is 0 Å². The van der Waals surface area contributed by atoms with Crippen molar-refractivity contribution >= 4 is 11.4 Å². The largest absolute Gasteiger partial charge is 0.392 e. The van der Waals surface area contributed by atoms with Gasteiger partial charge in [0.05, 0.1) is 11.5 Å². The molecule has 0 fully saturated rings. The second-order valence-electron chi connectivity index (χ2n) is 2.52. The van der Waals surface area contributed by atoms with E-state index in [2.05, 4.69) is 5.32 Å². The summed E-state index contributed by atoms with van der Waals surface area (Å²) in [5.41, 5.74) is 0.960. The van der Waals surface area contributed by atoms with Gasteiger partial charge in [0.2, 0.25) is 0 Å². The Labute approximate surface area is 75.2 Å². The zero-order chi connectivity index (χ0) is 9.84. The van der Waals surface area contributed by atoms with Gasteiger partial charge >= 0.3 is 0 Å². The van der Waals surface area contributed by atoms with E-state index in [9.17, 15) is 10.1 Å². The monoisotopic (exact) mass is 182 g/mol. The number of hydrogen-bond acceptors (Lipinski definition) is 4. The molecule has 0 aliphatic heterocycles. The van der Waals surface area contributed by atoms with Crippen molar-refractivity contribution in [2.75, 3.05) is 12.4 Å². The zero-order valence-electron chi connectivity index (χ0n) is 7.15. The third kappa shape index (κ3) is 1.94. The van der Waals surface area contributed by atoms with Crippen LogP contribution in [0.25, 0.3) is 0 Å². The fourth-order valence-electron chi connectivity index (χ4n) is 1.04. The SMILES string of the molecule is CNc1ccc(CO)cc1[N+](=O)[O-]. The van der Waals surface area contributed by atoms with Crippen molar-refractivity contribution in [3.8, 4) is 0 Å². The summed E-state index contributed by atoms with van der Waals surface area (Å²) in [7, 11) is 1.61. The number of aliphatic hydroxyl groups excluding tert-OH is 1. The Morgan fingerprint density at radius 2 is 2.31 bits per heavy atom. The molecule has 0 aromatic heterocycles. The van der Waals surface area contributed by atoms with Crippen LogP contribution in [0.4, 0.5) is 11.4 Å². The van der Waals surface area contributed by atoms with Gasteiger partial charge in [-0.25, -0.2) is 0 Å². The number of nitro groups is 1. The van der Waals surface area contributed by atoms with Crippen molar-refractivity contribution in [1.29, 1.82) is 0 Å². The molecule has 0 heterocycles. The maximum atomic E-state index is 10.5. The van der Waals surface area contributed by atoms with Gasteiger partial charge in [-0.05, 0) is 11.6 Å². The molecule has 0 unspecified atom stereocenters. The summed E-state index contributed by atoms with van der Waals surface area (Å²) < 4.78 is 0. The van der Waals surface area contributed by atoms with E-state index in [0.29, 0.717) is 11.3 Å². The number of rotatable bonds is 3. The van der Waals surface area contributed by atoms with E-state index in [1.54, 1.807) is 19.2 Å². The van der Waals surface area contributed by atoms with Crippen LogP contribution < -0.4 is 5.32 Å². The molecule has 0 saturated heterocycles. The van der Waals surface area contributed by atoms with Gasteiger partial charge in [0.25, 0.3) is 5.69 Å². The average Bonchev–Trinajstić information content (AvgIpc) is 2.16. The highest BCUT2D eigenvalue weighted by Gasteiger charge is 2.12. The van der Waals surface area contributed by atoms with Gasteiger partial charge in [-0.3, -0.25) is 10.1 Å². The lowest BCUT2D eigenvalue weighted by molar-refractivity contribution is -0.384. The number of aliphatic hydroxyl groups is 1. The predicted molar refractivity (Wildman–Crippen MR) is 48.6 cm³/mol. The summed E-state index contributed by atoms with van der Waals surface area (Å²) in [6.45, 7) is -0.190. The summed E-state index contributed by atoms with van der Waals surface area (Å²) >= 11 is 0. The first-order valence-corrected chi connectivity index (χ1v) is 3.75. The molecule has 1 rings (SSSR count). The Hall–Kier alpha value is -1.62. The standard InChI is InChI=1S/C8H10N2O3/c1-9-7-3-2-6(5-11)4-8(7)10(12)13/h2-4,9,11H,5H2,1H3. The molecule has 0 aliphatic rings. The number of nitrogens with one attached hydrogen (secondary N) is 1. The fourth-order valence-corrected chi connectivity index (χ4v) is 1.04. The minimum Gasteiger partial charge on any atom is -0.392 e. The molecule has 0 spiro atoms. The summed E-state index contributed by atoms with van der Waals surface area (Å²) in [5, 5.41) is 22.0. The Bertz CT molecular complexity index is 325. The van der Waals surface area contributed by atoms with Crippen LogP contribution >= 0.6 is 0 Å². The molecule has 2 N–H and O–H groups in total. The number of nitrogens with zero attached hydrogens (tertiary/aromatic N) is 1. The first-order chi connectivity index (χ1) is 6.19. The summed E-state index contributed by atoms with van der Waals surface area (Å²) in [6, 6.07) is 4.56. The normalized spacial score (nSPS) is 9.69. The molecule has 13 heavy (non-hydrogen) atoms. The quantitative estimate of drug-likeness (QED) is 0.542. The van der Waals surface area contributed by atoms with Crippen molar-refractivity contribution in [2.45, 2.75) is 6.61 Å². The predicted octanol–water partition coefficient (Wildman–Crippen LogP) is 1.13. The number of nitro benzene ring substituents is 1. The van der Waals surface area contributed by atoms with Crippen LogP contribution in [-0.4, -0.2) is 17.1 Å². The molecule has 70 valence electrons. The van der Waals surface area contributed by atoms with Gasteiger partial charge in [0, 0.05) is 13.1 Å². The van der Waals surface area contributed by atoms with Gasteiger partial charge in [0.1, 0.15) is 5.69 Å². The van der Waals surface area contributed by atoms with Crippen molar-refractivity contribution in [3.63, 3.8) is 0 Å². The Morgan fingerprint density at radius 1 is 1.62 bits per heavy atom. The average molecular weight is 182 g/mol. The van der Waals surface area contributed by atoms with E-state index in [4.69, 9.17) is 5.11 Å². The maximum absolute atomic E-state index is 10.5. The zero-order valence-corrected chi connectivity index (χ0v) is 7.15. The minimum atomic E-state index is -0.481. The van der Waals surface area contributed by atoms with Gasteiger partial charge in [-0.2, -0.15) is 0 Å². The molecule has 1 aromatic carbocycles. The summed E-state index contributed by atoms with van der Waals surface area (Å²) in [4.78, 5) is 10.1. The topological polar surface area (TPSA) is 75.4 Å². The molecular formula is C8H10N2O3. The number of benzene rings is 1. The molecular weight excluding hydrogens is 172 g/mol. The van der Waals surface area contributed by atoms with Crippen molar-refractivity contribution in [3.05, 3.63) is 33.9 Å². The lowest BCUT2D eigenvalue weighted by atomic mass is 10.2. The molecule has 5 heteroatoms. The summed E-state index contributed by atoms with van der Waals surface area (Å²) in [5.74, 6) is 0. The van der Waals surface area contributed by atoms with Crippen LogP contribution in [0.1, 0.15) is 5.56 Å². The highest BCUT2D eigenvalue weighted by atomic mass is 16.6. The molecule has 0 aliphatic carbocycles. The van der Waals surface area contributed by atoms with E-state index in [1.165, 1.54) is 6.07 Å². The van der Waals surface area contributed by atoms with Crippen LogP contribution in [0.5, 0.6) is 0 Å². The fraction of sp³-hybridized carbons (Fsp3) is 0.250. The maximum Gasteiger partial charge on any atom is 0.292 e. The van der Waals surface area contributed by atoms with Gasteiger partial charge < -0.3 is 10.4 Å². The van der Waals surface area contributed by atoms with E-state index < -0.39 is 4.92 Å². The van der Waals surface area contributed by atoms with Gasteiger partial charge in [-0.15, -0.1) is 0 Å². The van der Waals surface area contributed by atoms with E-state index in [-0.39, 0.29) is 12.3 Å². The molecule has 0 radical (unpaired) electrons. The summed E-state index contributed by atoms with van der Waals surface area (Å²) in [6.07, 6.45) is 0. The van der Waals surface area contributed by atoms with Crippen molar-refractivity contribution < 1.29 is 10.0 Å². The third-order valence-electron chi connectivity index (χ3n) is 1.71. The number of hydrogen-bond donors (Lipinski definition) is 2. The molecule has 0 amide bonds. The van der Waals surface area contributed by atoms with Crippen LogP contribution in [0.15, 0.2) is 18.2 Å². The number of anilines is 1. The van der Waals surface area contributed by atoms with Gasteiger partial charge in [-0.1, -0.05) is 6.07 Å². The molecule has 1 aromatic rings. The smallest absolute Gasteiger partial charge is 0.292 e. The Kier molecular flexibility index (Phi) is 2.81. The van der Waals surface area contributed by atoms with Crippen LogP contribution in [0.3, 0.4) is 0 Å². The lowest BCUT2D eigenvalue weighted by Gasteiger charge is -2.02. The van der Waals surface area contributed by atoms with E-state index >= 15 is 0 Å². The third-order valence-corrected chi connectivity index (χ3v) is 1.71. The lowest BCUT2D eigenvalue weighted by Crippen LogP contribution is -1.97. The first-order valence-electron chi connectivity index (χ1n) is 3.75. The molecule has 0 atom stereocenters. The van der Waals surface area contributed by atoms with Gasteiger partial charge in [0.15, 0.2) is 0 Å². The molecule has 0 bridgehead atoms. The van der Waals surface area contributed by atoms with Crippen molar-refractivity contribution in [1.82, 2.24) is 0 Å². The Morgan fingerprint density at radius 3 is 2.77 bits per heavy atom. The minimum absolute atomic E-state index is 0.0194. The second kappa shape index (κ2) is 3.86. The molecule has 5 nitrogen and oxygen atoms in total. The highest BCUT2D eigenvalue weighted by molar-refractivity contribution is 5.62. The van der Waals surface area contributed by atoms with Crippen LogP contribution in [-0.2, 0) is 6.61 Å². The first kappa shape index (κ1) is 9.47. The van der Waals surface area contributed by atoms with Crippen LogP contribution in [0, 0.1) is 10.1 Å². The second-order valence-corrected chi connectivity index (χ2v) is 2.52. The van der Waals surface area contributed by atoms with E-state index in [0.717, 1.165) is 0 Å². The Balaban J connectivity index is 3.18. The van der Waals surface area contributed by atoms with Crippen LogP contribution in [0.2, 0.25) is 0 Å². The van der Waals surface area contributed by atoms with Crippen molar-refractivity contribution in [2.24, 2.45) is 0 Å².